The number of amides is 1. The van der Waals surface area contributed by atoms with Crippen molar-refractivity contribution < 1.29 is 4.79 Å². The Hall–Kier alpha value is -2.95. The molecule has 0 unspecified atom stereocenters. The van der Waals surface area contributed by atoms with Crippen molar-refractivity contribution in [1.29, 1.82) is 0 Å². The summed E-state index contributed by atoms with van der Waals surface area (Å²) < 4.78 is 0. The molecule has 0 saturated heterocycles. The van der Waals surface area contributed by atoms with E-state index in [1.54, 1.807) is 6.20 Å². The number of nitrogens with zero attached hydrogens (tertiary/aromatic N) is 2. The molecule has 0 fully saturated rings. The summed E-state index contributed by atoms with van der Waals surface area (Å²) in [6.07, 6.45) is 1.77. The van der Waals surface area contributed by atoms with Crippen molar-refractivity contribution in [2.45, 2.75) is 20.8 Å². The molecule has 1 amide bonds. The van der Waals surface area contributed by atoms with E-state index in [0.29, 0.717) is 18.7 Å². The highest BCUT2D eigenvalue weighted by Gasteiger charge is 2.11. The molecule has 128 valence electrons. The number of nitrogens with one attached hydrogen (secondary N) is 2. The molecule has 2 aromatic heterocycles. The predicted molar refractivity (Wildman–Crippen MR) is 101 cm³/mol. The summed E-state index contributed by atoms with van der Waals surface area (Å²) in [5, 5.41) is 7.06. The van der Waals surface area contributed by atoms with Crippen molar-refractivity contribution in [2.75, 3.05) is 18.4 Å². The van der Waals surface area contributed by atoms with Crippen molar-refractivity contribution in [3.8, 4) is 0 Å². The van der Waals surface area contributed by atoms with Gasteiger partial charge in [-0.25, -0.2) is 4.98 Å². The summed E-state index contributed by atoms with van der Waals surface area (Å²) in [6.45, 7) is 7.07. The maximum Gasteiger partial charge on any atom is 0.252 e. The first-order valence-electron chi connectivity index (χ1n) is 8.35. The van der Waals surface area contributed by atoms with Crippen LogP contribution in [0.25, 0.3) is 10.9 Å². The molecule has 5 nitrogen and oxygen atoms in total. The number of rotatable bonds is 5. The summed E-state index contributed by atoms with van der Waals surface area (Å²) in [6, 6.07) is 11.7. The lowest BCUT2D eigenvalue weighted by molar-refractivity contribution is 0.0956. The smallest absolute Gasteiger partial charge is 0.252 e. The third-order valence-corrected chi connectivity index (χ3v) is 3.97. The minimum Gasteiger partial charge on any atom is -0.368 e. The van der Waals surface area contributed by atoms with Crippen LogP contribution in [0.15, 0.2) is 42.6 Å². The number of anilines is 1. The minimum atomic E-state index is -0.0832. The number of carbonyl (C=O) groups is 1. The summed E-state index contributed by atoms with van der Waals surface area (Å²) in [5.41, 5.74) is 4.61. The average molecular weight is 334 g/mol. The van der Waals surface area contributed by atoms with E-state index in [4.69, 9.17) is 0 Å². The predicted octanol–water partition coefficient (Wildman–Crippen LogP) is 3.40. The quantitative estimate of drug-likeness (QED) is 0.702. The Morgan fingerprint density at radius 1 is 1.00 bits per heavy atom. The molecule has 0 atom stereocenters. The van der Waals surface area contributed by atoms with Crippen molar-refractivity contribution in [2.24, 2.45) is 0 Å². The molecule has 2 heterocycles. The molecule has 0 bridgehead atoms. The molecule has 5 heteroatoms. The second-order valence-electron chi connectivity index (χ2n) is 6.23. The van der Waals surface area contributed by atoms with Gasteiger partial charge in [-0.3, -0.25) is 9.78 Å². The number of pyridine rings is 2. The first kappa shape index (κ1) is 16.9. The fraction of sp³-hybridized carbons (Fsp3) is 0.250. The molecule has 0 saturated carbocycles. The van der Waals surface area contributed by atoms with Crippen LogP contribution in [0.5, 0.6) is 0 Å². The average Bonchev–Trinajstić information content (AvgIpc) is 2.58. The van der Waals surface area contributed by atoms with Crippen LogP contribution in [-0.2, 0) is 0 Å². The number of benzene rings is 1. The van der Waals surface area contributed by atoms with Crippen LogP contribution < -0.4 is 10.6 Å². The number of hydrogen-bond donors (Lipinski definition) is 2. The minimum absolute atomic E-state index is 0.0832. The maximum atomic E-state index is 12.6. The van der Waals surface area contributed by atoms with E-state index >= 15 is 0 Å². The van der Waals surface area contributed by atoms with Crippen LogP contribution in [0.4, 0.5) is 5.82 Å². The third kappa shape index (κ3) is 4.12. The molecule has 3 rings (SSSR count). The lowest BCUT2D eigenvalue weighted by Gasteiger charge is -2.11. The fourth-order valence-corrected chi connectivity index (χ4v) is 2.75. The van der Waals surface area contributed by atoms with E-state index in [1.165, 1.54) is 0 Å². The van der Waals surface area contributed by atoms with Crippen LogP contribution in [0.3, 0.4) is 0 Å². The van der Waals surface area contributed by atoms with Gasteiger partial charge < -0.3 is 10.6 Å². The molecule has 2 N–H and O–H groups in total. The van der Waals surface area contributed by atoms with E-state index < -0.39 is 0 Å². The molecule has 3 aromatic rings. The third-order valence-electron chi connectivity index (χ3n) is 3.97. The molecular formula is C20H22N4O. The Kier molecular flexibility index (Phi) is 4.93. The molecule has 0 spiro atoms. The molecule has 25 heavy (non-hydrogen) atoms. The Bertz CT molecular complexity index is 921. The van der Waals surface area contributed by atoms with Gasteiger partial charge in [0.05, 0.1) is 11.1 Å². The van der Waals surface area contributed by atoms with Crippen molar-refractivity contribution in [3.63, 3.8) is 0 Å². The summed E-state index contributed by atoms with van der Waals surface area (Å²) in [5.74, 6) is 0.732. The van der Waals surface area contributed by atoms with Crippen LogP contribution in [0.1, 0.15) is 27.2 Å². The summed E-state index contributed by atoms with van der Waals surface area (Å²) in [4.78, 5) is 21.4. The Labute approximate surface area is 147 Å². The molecule has 0 aliphatic heterocycles. The highest BCUT2D eigenvalue weighted by atomic mass is 16.1. The van der Waals surface area contributed by atoms with Gasteiger partial charge in [-0.15, -0.1) is 0 Å². The molecule has 0 radical (unpaired) electrons. The first-order chi connectivity index (χ1) is 12.0. The Morgan fingerprint density at radius 3 is 2.60 bits per heavy atom. The molecular weight excluding hydrogens is 312 g/mol. The van der Waals surface area contributed by atoms with Gasteiger partial charge in [0.1, 0.15) is 5.82 Å². The van der Waals surface area contributed by atoms with Crippen LogP contribution in [0, 0.1) is 20.8 Å². The van der Waals surface area contributed by atoms with Crippen molar-refractivity contribution in [1.82, 2.24) is 15.3 Å². The van der Waals surface area contributed by atoms with E-state index in [0.717, 1.165) is 33.5 Å². The molecule has 0 aliphatic carbocycles. The van der Waals surface area contributed by atoms with Crippen molar-refractivity contribution >= 4 is 22.6 Å². The van der Waals surface area contributed by atoms with E-state index in [2.05, 4.69) is 20.6 Å². The summed E-state index contributed by atoms with van der Waals surface area (Å²) in [7, 11) is 0. The van der Waals surface area contributed by atoms with E-state index in [-0.39, 0.29) is 5.91 Å². The second-order valence-corrected chi connectivity index (χ2v) is 6.23. The number of fused-ring (bicyclic) bond motifs is 1. The first-order valence-corrected chi connectivity index (χ1v) is 8.35. The lowest BCUT2D eigenvalue weighted by Crippen LogP contribution is -2.29. The van der Waals surface area contributed by atoms with Gasteiger partial charge in [-0.05, 0) is 56.7 Å². The molecule has 0 aliphatic rings. The van der Waals surface area contributed by atoms with Gasteiger partial charge in [0.25, 0.3) is 5.91 Å². The highest BCUT2D eigenvalue weighted by molar-refractivity contribution is 6.06. The van der Waals surface area contributed by atoms with Gasteiger partial charge in [-0.2, -0.15) is 0 Å². The standard InChI is InChI=1S/C20H22N4O/c1-13-4-5-18-16(10-13)17(12-15(3)24-18)20(25)23-9-8-22-19-11-14(2)6-7-21-19/h4-7,10-12H,8-9H2,1-3H3,(H,21,22)(H,23,25). The zero-order chi connectivity index (χ0) is 17.8. The second kappa shape index (κ2) is 7.30. The van der Waals surface area contributed by atoms with Gasteiger partial charge in [-0.1, -0.05) is 11.6 Å². The monoisotopic (exact) mass is 334 g/mol. The zero-order valence-corrected chi connectivity index (χ0v) is 14.8. The number of aryl methyl sites for hydroxylation is 3. The highest BCUT2D eigenvalue weighted by Crippen LogP contribution is 2.20. The van der Waals surface area contributed by atoms with E-state index in [9.17, 15) is 4.79 Å². The number of carbonyl (C=O) groups excluding carboxylic acids is 1. The SMILES string of the molecule is Cc1ccnc(NCCNC(=O)c2cc(C)nc3ccc(C)cc23)c1. The number of aromatic nitrogens is 2. The Balaban J connectivity index is 1.67. The fourth-order valence-electron chi connectivity index (χ4n) is 2.75. The van der Waals surface area contributed by atoms with Gasteiger partial charge >= 0.3 is 0 Å². The van der Waals surface area contributed by atoms with Gasteiger partial charge in [0, 0.05) is 30.4 Å². The Morgan fingerprint density at radius 2 is 1.80 bits per heavy atom. The van der Waals surface area contributed by atoms with E-state index in [1.807, 2.05) is 57.2 Å². The number of hydrogen-bond acceptors (Lipinski definition) is 4. The normalized spacial score (nSPS) is 10.7. The topological polar surface area (TPSA) is 66.9 Å². The zero-order valence-electron chi connectivity index (χ0n) is 14.8. The van der Waals surface area contributed by atoms with Gasteiger partial charge in [0.2, 0.25) is 0 Å². The van der Waals surface area contributed by atoms with Crippen LogP contribution in [-0.4, -0.2) is 29.0 Å². The van der Waals surface area contributed by atoms with Crippen LogP contribution >= 0.6 is 0 Å². The lowest BCUT2D eigenvalue weighted by atomic mass is 10.0. The molecule has 1 aromatic carbocycles. The van der Waals surface area contributed by atoms with Gasteiger partial charge in [0.15, 0.2) is 0 Å². The maximum absolute atomic E-state index is 12.6. The summed E-state index contributed by atoms with van der Waals surface area (Å²) >= 11 is 0. The van der Waals surface area contributed by atoms with Crippen molar-refractivity contribution in [3.05, 3.63) is 65.0 Å². The largest absolute Gasteiger partial charge is 0.368 e. The van der Waals surface area contributed by atoms with Crippen LogP contribution in [0.2, 0.25) is 0 Å².